The smallest absolute Gasteiger partial charge is 0.340 e. The Bertz CT molecular complexity index is 414. The van der Waals surface area contributed by atoms with Gasteiger partial charge in [-0.25, -0.2) is 9.78 Å². The Morgan fingerprint density at radius 3 is 2.82 bits per heavy atom. The van der Waals surface area contributed by atoms with Gasteiger partial charge in [-0.15, -0.1) is 0 Å². The first kappa shape index (κ1) is 11.7. The molecule has 0 aliphatic heterocycles. The SMILES string of the molecule is COC(=O)c1cc(OC2CCCC2)ncc1N. The highest BCUT2D eigenvalue weighted by atomic mass is 16.5. The van der Waals surface area contributed by atoms with Crippen molar-refractivity contribution in [2.75, 3.05) is 12.8 Å². The standard InChI is InChI=1S/C12H16N2O3/c1-16-12(15)9-6-11(14-7-10(9)13)17-8-4-2-3-5-8/h6-8H,2-5,13H2,1H3. The van der Waals surface area contributed by atoms with Gasteiger partial charge in [0.2, 0.25) is 5.88 Å². The second-order valence-electron chi connectivity index (χ2n) is 4.13. The lowest BCUT2D eigenvalue weighted by Gasteiger charge is -2.13. The van der Waals surface area contributed by atoms with Gasteiger partial charge in [0.15, 0.2) is 0 Å². The molecular weight excluding hydrogens is 220 g/mol. The van der Waals surface area contributed by atoms with E-state index in [0.717, 1.165) is 12.8 Å². The van der Waals surface area contributed by atoms with E-state index in [1.54, 1.807) is 6.07 Å². The molecule has 1 aliphatic rings. The van der Waals surface area contributed by atoms with Crippen LogP contribution in [-0.4, -0.2) is 24.2 Å². The molecule has 1 aliphatic carbocycles. The Morgan fingerprint density at radius 1 is 1.47 bits per heavy atom. The Hall–Kier alpha value is -1.78. The van der Waals surface area contributed by atoms with Gasteiger partial charge in [-0.1, -0.05) is 0 Å². The van der Waals surface area contributed by atoms with Gasteiger partial charge < -0.3 is 15.2 Å². The number of anilines is 1. The molecule has 0 atom stereocenters. The summed E-state index contributed by atoms with van der Waals surface area (Å²) in [5.74, 6) is -0.0346. The summed E-state index contributed by atoms with van der Waals surface area (Å²) in [7, 11) is 1.32. The summed E-state index contributed by atoms with van der Waals surface area (Å²) in [6.07, 6.45) is 6.08. The monoisotopic (exact) mass is 236 g/mol. The normalized spacial score (nSPS) is 15.8. The van der Waals surface area contributed by atoms with E-state index in [4.69, 9.17) is 10.5 Å². The van der Waals surface area contributed by atoms with E-state index in [1.165, 1.54) is 26.1 Å². The van der Waals surface area contributed by atoms with E-state index < -0.39 is 5.97 Å². The minimum Gasteiger partial charge on any atom is -0.474 e. The molecule has 0 radical (unpaired) electrons. The molecule has 5 heteroatoms. The van der Waals surface area contributed by atoms with Crippen LogP contribution in [0.1, 0.15) is 36.0 Å². The molecule has 1 saturated carbocycles. The highest BCUT2D eigenvalue weighted by Gasteiger charge is 2.18. The van der Waals surface area contributed by atoms with Crippen LogP contribution >= 0.6 is 0 Å². The minimum atomic E-state index is -0.471. The molecule has 1 heterocycles. The fourth-order valence-electron chi connectivity index (χ4n) is 1.97. The molecule has 0 saturated heterocycles. The van der Waals surface area contributed by atoms with Crippen molar-refractivity contribution in [2.24, 2.45) is 0 Å². The number of carbonyl (C=O) groups is 1. The first-order chi connectivity index (χ1) is 8.20. The maximum atomic E-state index is 11.4. The van der Waals surface area contributed by atoms with Crippen LogP contribution in [0, 0.1) is 0 Å². The van der Waals surface area contributed by atoms with Crippen LogP contribution in [0.4, 0.5) is 5.69 Å². The molecule has 0 bridgehead atoms. The Balaban J connectivity index is 2.15. The van der Waals surface area contributed by atoms with Crippen molar-refractivity contribution >= 4 is 11.7 Å². The van der Waals surface area contributed by atoms with Crippen LogP contribution in [0.5, 0.6) is 5.88 Å². The zero-order chi connectivity index (χ0) is 12.3. The van der Waals surface area contributed by atoms with E-state index in [0.29, 0.717) is 17.1 Å². The van der Waals surface area contributed by atoms with E-state index in [9.17, 15) is 4.79 Å². The molecule has 1 aromatic heterocycles. The van der Waals surface area contributed by atoms with Gasteiger partial charge in [-0.3, -0.25) is 0 Å². The molecule has 2 N–H and O–H groups in total. The van der Waals surface area contributed by atoms with Crippen molar-refractivity contribution in [3.63, 3.8) is 0 Å². The number of methoxy groups -OCH3 is 1. The molecule has 0 spiro atoms. The van der Waals surface area contributed by atoms with Crippen LogP contribution in [-0.2, 0) is 4.74 Å². The number of carbonyl (C=O) groups excluding carboxylic acids is 1. The fourth-order valence-corrected chi connectivity index (χ4v) is 1.97. The summed E-state index contributed by atoms with van der Waals surface area (Å²) in [5, 5.41) is 0. The van der Waals surface area contributed by atoms with Crippen molar-refractivity contribution in [3.05, 3.63) is 17.8 Å². The molecule has 2 rings (SSSR count). The predicted molar refractivity (Wildman–Crippen MR) is 62.9 cm³/mol. The van der Waals surface area contributed by atoms with Crippen molar-refractivity contribution in [1.29, 1.82) is 0 Å². The van der Waals surface area contributed by atoms with Crippen molar-refractivity contribution in [2.45, 2.75) is 31.8 Å². The number of nitrogens with zero attached hydrogens (tertiary/aromatic N) is 1. The van der Waals surface area contributed by atoms with Gasteiger partial charge in [0.1, 0.15) is 6.10 Å². The third-order valence-corrected chi connectivity index (χ3v) is 2.90. The molecule has 0 amide bonds. The number of hydrogen-bond acceptors (Lipinski definition) is 5. The lowest BCUT2D eigenvalue weighted by Crippen LogP contribution is -2.13. The van der Waals surface area contributed by atoms with E-state index in [-0.39, 0.29) is 6.10 Å². The number of nitrogen functional groups attached to an aromatic ring is 1. The quantitative estimate of drug-likeness (QED) is 0.809. The first-order valence-corrected chi connectivity index (χ1v) is 5.71. The first-order valence-electron chi connectivity index (χ1n) is 5.71. The van der Waals surface area contributed by atoms with Gasteiger partial charge in [-0.2, -0.15) is 0 Å². The summed E-state index contributed by atoms with van der Waals surface area (Å²) in [4.78, 5) is 15.5. The van der Waals surface area contributed by atoms with Crippen molar-refractivity contribution in [3.8, 4) is 5.88 Å². The van der Waals surface area contributed by atoms with Gasteiger partial charge in [0, 0.05) is 6.07 Å². The van der Waals surface area contributed by atoms with Crippen LogP contribution < -0.4 is 10.5 Å². The summed E-state index contributed by atoms with van der Waals surface area (Å²) in [6, 6.07) is 1.54. The zero-order valence-electron chi connectivity index (χ0n) is 9.81. The lowest BCUT2D eigenvalue weighted by atomic mass is 10.2. The highest BCUT2D eigenvalue weighted by molar-refractivity contribution is 5.95. The number of rotatable bonds is 3. The molecule has 1 fully saturated rings. The van der Waals surface area contributed by atoms with Crippen LogP contribution in [0.25, 0.3) is 0 Å². The number of pyridine rings is 1. The Kier molecular flexibility index (Phi) is 3.46. The molecule has 0 aromatic carbocycles. The summed E-state index contributed by atoms with van der Waals surface area (Å²) in [5.41, 5.74) is 6.26. The Labute approximate surface area is 99.9 Å². The van der Waals surface area contributed by atoms with Gasteiger partial charge in [0.25, 0.3) is 0 Å². The topological polar surface area (TPSA) is 74.4 Å². The van der Waals surface area contributed by atoms with Crippen LogP contribution in [0.3, 0.4) is 0 Å². The molecule has 92 valence electrons. The number of aromatic nitrogens is 1. The lowest BCUT2D eigenvalue weighted by molar-refractivity contribution is 0.0601. The van der Waals surface area contributed by atoms with Gasteiger partial charge >= 0.3 is 5.97 Å². The summed E-state index contributed by atoms with van der Waals surface area (Å²) < 4.78 is 10.3. The maximum Gasteiger partial charge on any atom is 0.340 e. The molecular formula is C12H16N2O3. The predicted octanol–water partition coefficient (Wildman–Crippen LogP) is 1.77. The fraction of sp³-hybridized carbons (Fsp3) is 0.500. The number of ether oxygens (including phenoxy) is 2. The minimum absolute atomic E-state index is 0.205. The average molecular weight is 236 g/mol. The molecule has 0 unspecified atom stereocenters. The zero-order valence-corrected chi connectivity index (χ0v) is 9.81. The second kappa shape index (κ2) is 5.03. The van der Waals surface area contributed by atoms with E-state index >= 15 is 0 Å². The van der Waals surface area contributed by atoms with Crippen LogP contribution in [0.15, 0.2) is 12.3 Å². The maximum absolute atomic E-state index is 11.4. The van der Waals surface area contributed by atoms with E-state index in [1.807, 2.05) is 0 Å². The number of hydrogen-bond donors (Lipinski definition) is 1. The van der Waals surface area contributed by atoms with Gasteiger partial charge in [-0.05, 0) is 25.7 Å². The molecule has 17 heavy (non-hydrogen) atoms. The van der Waals surface area contributed by atoms with Crippen molar-refractivity contribution in [1.82, 2.24) is 4.98 Å². The van der Waals surface area contributed by atoms with E-state index in [2.05, 4.69) is 9.72 Å². The highest BCUT2D eigenvalue weighted by Crippen LogP contribution is 2.24. The van der Waals surface area contributed by atoms with Gasteiger partial charge in [0.05, 0.1) is 24.6 Å². The van der Waals surface area contributed by atoms with Crippen molar-refractivity contribution < 1.29 is 14.3 Å². The summed E-state index contributed by atoms with van der Waals surface area (Å²) >= 11 is 0. The molecule has 5 nitrogen and oxygen atoms in total. The second-order valence-corrected chi connectivity index (χ2v) is 4.13. The summed E-state index contributed by atoms with van der Waals surface area (Å²) in [6.45, 7) is 0. The third-order valence-electron chi connectivity index (χ3n) is 2.90. The largest absolute Gasteiger partial charge is 0.474 e. The average Bonchev–Trinajstić information content (AvgIpc) is 2.83. The Morgan fingerprint density at radius 2 is 2.18 bits per heavy atom. The number of esters is 1. The van der Waals surface area contributed by atoms with Crippen LogP contribution in [0.2, 0.25) is 0 Å². The number of nitrogens with two attached hydrogens (primary N) is 1. The third kappa shape index (κ3) is 2.67. The molecule has 1 aromatic rings.